The summed E-state index contributed by atoms with van der Waals surface area (Å²) in [5, 5.41) is 0. The lowest BCUT2D eigenvalue weighted by Crippen LogP contribution is -2.18. The minimum absolute atomic E-state index is 0.604. The summed E-state index contributed by atoms with van der Waals surface area (Å²) in [4.78, 5) is 4.69. The van der Waals surface area contributed by atoms with Crippen molar-refractivity contribution in [1.82, 2.24) is 4.48 Å². The zero-order valence-corrected chi connectivity index (χ0v) is 19.3. The summed E-state index contributed by atoms with van der Waals surface area (Å²) in [5.74, 6) is 0.979. The molecule has 0 aliphatic carbocycles. The third-order valence-corrected chi connectivity index (χ3v) is 5.92. The first-order valence-electron chi connectivity index (χ1n) is 10.9. The average Bonchev–Trinajstić information content (AvgIpc) is 3.14. The lowest BCUT2D eigenvalue weighted by atomic mass is 9.95. The third-order valence-electron chi connectivity index (χ3n) is 5.61. The standard InChI is InChI=1S/C23H35BF2N2S/c1-17-15-19(3)27-22(17)21(13-11-9-7-5-6-8-10-12-14-29)23-18(2)16-20(4)28(23)24(25)26/h15-16,29H,5-14H2,1-4H3/b22-21-. The highest BCUT2D eigenvalue weighted by molar-refractivity contribution is 7.80. The van der Waals surface area contributed by atoms with Crippen LogP contribution in [-0.2, 0) is 0 Å². The van der Waals surface area contributed by atoms with E-state index in [0.29, 0.717) is 11.4 Å². The topological polar surface area (TPSA) is 17.3 Å². The van der Waals surface area contributed by atoms with Gasteiger partial charge in [-0.15, -0.1) is 0 Å². The van der Waals surface area contributed by atoms with E-state index in [1.165, 1.54) is 43.0 Å². The van der Waals surface area contributed by atoms with E-state index in [1.54, 1.807) is 6.92 Å². The van der Waals surface area contributed by atoms with Gasteiger partial charge >= 0.3 is 7.40 Å². The van der Waals surface area contributed by atoms with E-state index < -0.39 is 7.40 Å². The average molecular weight is 420 g/mol. The molecule has 0 bridgehead atoms. The first-order chi connectivity index (χ1) is 13.9. The predicted molar refractivity (Wildman–Crippen MR) is 126 cm³/mol. The van der Waals surface area contributed by atoms with Gasteiger partial charge in [-0.3, -0.25) is 13.6 Å². The van der Waals surface area contributed by atoms with E-state index in [9.17, 15) is 8.63 Å². The summed E-state index contributed by atoms with van der Waals surface area (Å²) in [5.41, 5.74) is 6.04. The number of thiol groups is 1. The van der Waals surface area contributed by atoms with Crippen LogP contribution in [0.25, 0.3) is 5.57 Å². The van der Waals surface area contributed by atoms with Gasteiger partial charge in [0.25, 0.3) is 0 Å². The Morgan fingerprint density at radius 2 is 1.55 bits per heavy atom. The van der Waals surface area contributed by atoms with E-state index in [2.05, 4.69) is 12.6 Å². The van der Waals surface area contributed by atoms with Gasteiger partial charge in [-0.1, -0.05) is 38.5 Å². The minimum Gasteiger partial charge on any atom is -0.329 e. The molecule has 1 aromatic heterocycles. The molecular weight excluding hydrogens is 385 g/mol. The summed E-state index contributed by atoms with van der Waals surface area (Å²) in [7, 11) is -2.54. The van der Waals surface area contributed by atoms with Crippen molar-refractivity contribution in [3.05, 3.63) is 40.4 Å². The van der Waals surface area contributed by atoms with E-state index in [4.69, 9.17) is 4.99 Å². The molecule has 0 fully saturated rings. The number of halogens is 2. The molecule has 2 rings (SSSR count). The molecule has 0 saturated heterocycles. The zero-order valence-electron chi connectivity index (χ0n) is 18.4. The van der Waals surface area contributed by atoms with Crippen LogP contribution in [0.5, 0.6) is 0 Å². The van der Waals surface area contributed by atoms with Gasteiger partial charge in [0.1, 0.15) is 0 Å². The Bertz CT molecular complexity index is 778. The number of hydrogen-bond donors (Lipinski definition) is 1. The minimum atomic E-state index is -2.54. The molecule has 0 unspecified atom stereocenters. The normalized spacial score (nSPS) is 15.6. The van der Waals surface area contributed by atoms with Gasteiger partial charge < -0.3 is 4.48 Å². The number of rotatable bonds is 12. The van der Waals surface area contributed by atoms with Crippen LogP contribution in [0, 0.1) is 13.8 Å². The number of unbranched alkanes of at least 4 members (excludes halogenated alkanes) is 7. The maximum Gasteiger partial charge on any atom is 0.677 e. The van der Waals surface area contributed by atoms with Crippen molar-refractivity contribution in [2.45, 2.75) is 85.5 Å². The lowest BCUT2D eigenvalue weighted by Gasteiger charge is -2.16. The van der Waals surface area contributed by atoms with Gasteiger partial charge in [0, 0.05) is 22.7 Å². The molecule has 0 aromatic carbocycles. The number of aromatic nitrogens is 1. The van der Waals surface area contributed by atoms with Crippen molar-refractivity contribution >= 4 is 31.3 Å². The van der Waals surface area contributed by atoms with Crippen LogP contribution in [0.3, 0.4) is 0 Å². The van der Waals surface area contributed by atoms with Gasteiger partial charge in [-0.2, -0.15) is 12.6 Å². The predicted octanol–water partition coefficient (Wildman–Crippen LogP) is 7.45. The van der Waals surface area contributed by atoms with Crippen molar-refractivity contribution in [2.24, 2.45) is 4.99 Å². The maximum atomic E-state index is 13.8. The molecule has 0 amide bonds. The van der Waals surface area contributed by atoms with Crippen LogP contribution < -0.4 is 0 Å². The summed E-state index contributed by atoms with van der Waals surface area (Å²) >= 11 is 4.25. The van der Waals surface area contributed by atoms with Crippen molar-refractivity contribution in [1.29, 1.82) is 0 Å². The highest BCUT2D eigenvalue weighted by atomic mass is 32.1. The second-order valence-corrected chi connectivity index (χ2v) is 8.62. The van der Waals surface area contributed by atoms with Crippen LogP contribution >= 0.6 is 12.6 Å². The molecule has 160 valence electrons. The molecule has 0 atom stereocenters. The molecule has 2 heterocycles. The maximum absolute atomic E-state index is 13.8. The fourth-order valence-corrected chi connectivity index (χ4v) is 4.48. The fraction of sp³-hybridized carbons (Fsp3) is 0.609. The Morgan fingerprint density at radius 1 is 0.966 bits per heavy atom. The number of allylic oxidation sites excluding steroid dienone is 3. The molecule has 0 N–H and O–H groups in total. The summed E-state index contributed by atoms with van der Waals surface area (Å²) < 4.78 is 28.8. The molecule has 1 aliphatic rings. The van der Waals surface area contributed by atoms with E-state index in [1.807, 2.05) is 32.9 Å². The van der Waals surface area contributed by atoms with Gasteiger partial charge in [0.05, 0.1) is 5.70 Å². The Labute approximate surface area is 181 Å². The monoisotopic (exact) mass is 420 g/mol. The van der Waals surface area contributed by atoms with Gasteiger partial charge in [-0.05, 0) is 76.0 Å². The molecule has 6 heteroatoms. The van der Waals surface area contributed by atoms with Crippen molar-refractivity contribution in [3.8, 4) is 0 Å². The smallest absolute Gasteiger partial charge is 0.329 e. The van der Waals surface area contributed by atoms with Gasteiger partial charge in [-0.25, -0.2) is 0 Å². The largest absolute Gasteiger partial charge is 0.677 e. The number of aryl methyl sites for hydroxylation is 2. The van der Waals surface area contributed by atoms with E-state index in [0.717, 1.165) is 53.1 Å². The Kier molecular flexibility index (Phi) is 9.74. The van der Waals surface area contributed by atoms with E-state index >= 15 is 0 Å². The third kappa shape index (κ3) is 6.60. The Balaban J connectivity index is 2.11. The van der Waals surface area contributed by atoms with Crippen LogP contribution in [0.4, 0.5) is 8.63 Å². The summed E-state index contributed by atoms with van der Waals surface area (Å²) in [6.07, 6.45) is 12.4. The second-order valence-electron chi connectivity index (χ2n) is 8.17. The molecule has 1 aliphatic heterocycles. The Morgan fingerprint density at radius 3 is 2.07 bits per heavy atom. The molecule has 1 aromatic rings. The highest BCUT2D eigenvalue weighted by Gasteiger charge is 2.28. The van der Waals surface area contributed by atoms with Crippen molar-refractivity contribution in [3.63, 3.8) is 0 Å². The summed E-state index contributed by atoms with van der Waals surface area (Å²) in [6, 6.07) is 1.86. The van der Waals surface area contributed by atoms with Crippen molar-refractivity contribution < 1.29 is 8.63 Å². The molecular formula is C23H35BF2N2S. The molecule has 0 spiro atoms. The van der Waals surface area contributed by atoms with Crippen LogP contribution in [0.15, 0.2) is 28.4 Å². The fourth-order valence-electron chi connectivity index (χ4n) is 4.26. The number of nitrogens with zero attached hydrogens (tertiary/aromatic N) is 2. The van der Waals surface area contributed by atoms with Crippen LogP contribution in [-0.4, -0.2) is 23.3 Å². The summed E-state index contributed by atoms with van der Waals surface area (Å²) in [6.45, 7) is 7.67. The van der Waals surface area contributed by atoms with Crippen molar-refractivity contribution in [2.75, 3.05) is 5.75 Å². The molecule has 0 saturated carbocycles. The highest BCUT2D eigenvalue weighted by Crippen LogP contribution is 2.35. The van der Waals surface area contributed by atoms with Gasteiger partial charge in [0.2, 0.25) is 0 Å². The zero-order chi connectivity index (χ0) is 21.4. The van der Waals surface area contributed by atoms with Crippen LogP contribution in [0.1, 0.15) is 88.6 Å². The second kappa shape index (κ2) is 11.8. The SMILES string of the molecule is CC1=CC(C)=N/C1=C(/CCCCCCCCCCS)c1c(C)cc(C)n1B(F)F. The lowest BCUT2D eigenvalue weighted by molar-refractivity contribution is 0.579. The number of hydrogen-bond acceptors (Lipinski definition) is 2. The Hall–Kier alpha value is -1.30. The molecule has 2 nitrogen and oxygen atoms in total. The molecule has 29 heavy (non-hydrogen) atoms. The van der Waals surface area contributed by atoms with Gasteiger partial charge in [0.15, 0.2) is 0 Å². The first kappa shape index (κ1) is 24.0. The van der Waals surface area contributed by atoms with Crippen LogP contribution in [0.2, 0.25) is 0 Å². The van der Waals surface area contributed by atoms with E-state index in [-0.39, 0.29) is 0 Å². The quantitative estimate of drug-likeness (QED) is 0.206. The first-order valence-corrected chi connectivity index (χ1v) is 11.5. The number of aliphatic imine (C=N–C) groups is 1. The molecule has 0 radical (unpaired) electrons.